The van der Waals surface area contributed by atoms with Crippen LogP contribution >= 0.6 is 0 Å². The molecule has 0 bridgehead atoms. The third-order valence-corrected chi connectivity index (χ3v) is 2.57. The molecule has 3 unspecified atom stereocenters. The van der Waals surface area contributed by atoms with Crippen LogP contribution in [0, 0.1) is 0 Å². The molecule has 2 nitrogen and oxygen atoms in total. The standard InChI is InChI=1S/C8H17F2NOS/c1-6(4-5-13(3)12)11-7(2)8(9)10/h6-8,11H,4-5H2,1-3H3. The van der Waals surface area contributed by atoms with Gasteiger partial charge in [0.15, 0.2) is 0 Å². The maximum Gasteiger partial charge on any atom is 0.253 e. The molecule has 0 aromatic rings. The second kappa shape index (κ2) is 6.43. The van der Waals surface area contributed by atoms with Gasteiger partial charge in [-0.2, -0.15) is 0 Å². The first kappa shape index (κ1) is 13.0. The summed E-state index contributed by atoms with van der Waals surface area (Å²) in [6.45, 7) is 3.27. The van der Waals surface area contributed by atoms with Gasteiger partial charge in [-0.25, -0.2) is 8.78 Å². The number of hydrogen-bond donors (Lipinski definition) is 1. The first-order chi connectivity index (χ1) is 5.93. The van der Waals surface area contributed by atoms with Crippen molar-refractivity contribution in [3.63, 3.8) is 0 Å². The molecule has 0 amide bonds. The lowest BCUT2D eigenvalue weighted by Crippen LogP contribution is -2.39. The van der Waals surface area contributed by atoms with Crippen LogP contribution in [0.2, 0.25) is 0 Å². The maximum absolute atomic E-state index is 12.1. The lowest BCUT2D eigenvalue weighted by molar-refractivity contribution is 0.101. The number of halogens is 2. The van der Waals surface area contributed by atoms with Gasteiger partial charge < -0.3 is 5.32 Å². The Morgan fingerprint density at radius 1 is 1.38 bits per heavy atom. The van der Waals surface area contributed by atoms with Crippen LogP contribution in [0.1, 0.15) is 20.3 Å². The molecule has 0 fully saturated rings. The van der Waals surface area contributed by atoms with Gasteiger partial charge >= 0.3 is 0 Å². The predicted octanol–water partition coefficient (Wildman–Crippen LogP) is 1.39. The van der Waals surface area contributed by atoms with Crippen LogP contribution in [0.25, 0.3) is 0 Å². The maximum atomic E-state index is 12.1. The van der Waals surface area contributed by atoms with Gasteiger partial charge in [-0.3, -0.25) is 4.21 Å². The summed E-state index contributed by atoms with van der Waals surface area (Å²) in [4.78, 5) is 0. The third-order valence-electron chi connectivity index (χ3n) is 1.76. The van der Waals surface area contributed by atoms with Gasteiger partial charge in [-0.1, -0.05) is 0 Å². The molecule has 0 aromatic heterocycles. The second-order valence-corrected chi connectivity index (χ2v) is 4.81. The molecule has 0 heterocycles. The van der Waals surface area contributed by atoms with E-state index in [2.05, 4.69) is 5.32 Å². The van der Waals surface area contributed by atoms with Crippen LogP contribution in [-0.2, 0) is 10.8 Å². The highest BCUT2D eigenvalue weighted by atomic mass is 32.2. The Hall–Kier alpha value is -0.0300. The van der Waals surface area contributed by atoms with Crippen molar-refractivity contribution in [3.8, 4) is 0 Å². The minimum atomic E-state index is -2.34. The van der Waals surface area contributed by atoms with Crippen LogP contribution in [0.3, 0.4) is 0 Å². The van der Waals surface area contributed by atoms with E-state index in [-0.39, 0.29) is 6.04 Å². The average Bonchev–Trinajstić information content (AvgIpc) is 2.00. The Kier molecular flexibility index (Phi) is 6.41. The molecule has 0 aliphatic carbocycles. The molecule has 3 atom stereocenters. The van der Waals surface area contributed by atoms with Crippen LogP contribution in [0.5, 0.6) is 0 Å². The average molecular weight is 213 g/mol. The first-order valence-electron chi connectivity index (χ1n) is 4.27. The van der Waals surface area contributed by atoms with Crippen molar-refractivity contribution in [1.29, 1.82) is 0 Å². The molecular weight excluding hydrogens is 196 g/mol. The fraction of sp³-hybridized carbons (Fsp3) is 1.00. The summed E-state index contributed by atoms with van der Waals surface area (Å²) < 4.78 is 34.8. The lowest BCUT2D eigenvalue weighted by atomic mass is 10.2. The smallest absolute Gasteiger partial charge is 0.253 e. The van der Waals surface area contributed by atoms with E-state index in [1.807, 2.05) is 6.92 Å². The third kappa shape index (κ3) is 7.07. The highest BCUT2D eigenvalue weighted by Gasteiger charge is 2.16. The number of rotatable bonds is 6. The Morgan fingerprint density at radius 2 is 1.92 bits per heavy atom. The lowest BCUT2D eigenvalue weighted by Gasteiger charge is -2.18. The van der Waals surface area contributed by atoms with Crippen molar-refractivity contribution in [1.82, 2.24) is 5.32 Å². The highest BCUT2D eigenvalue weighted by Crippen LogP contribution is 2.02. The largest absolute Gasteiger partial charge is 0.307 e. The van der Waals surface area contributed by atoms with Crippen molar-refractivity contribution >= 4 is 10.8 Å². The van der Waals surface area contributed by atoms with E-state index in [1.54, 1.807) is 6.26 Å². The molecule has 0 rings (SSSR count). The van der Waals surface area contributed by atoms with Crippen molar-refractivity contribution in [2.75, 3.05) is 12.0 Å². The molecule has 0 aliphatic heterocycles. The molecule has 0 radical (unpaired) electrons. The zero-order chi connectivity index (χ0) is 10.4. The van der Waals surface area contributed by atoms with Crippen LogP contribution in [0.4, 0.5) is 8.78 Å². The van der Waals surface area contributed by atoms with E-state index in [1.165, 1.54) is 6.92 Å². The normalized spacial score (nSPS) is 18.6. The predicted molar refractivity (Wildman–Crippen MR) is 51.6 cm³/mol. The Balaban J connectivity index is 3.61. The van der Waals surface area contributed by atoms with Gasteiger partial charge in [0.2, 0.25) is 0 Å². The fourth-order valence-corrected chi connectivity index (χ4v) is 1.63. The molecule has 5 heteroatoms. The van der Waals surface area contributed by atoms with Crippen molar-refractivity contribution in [3.05, 3.63) is 0 Å². The Labute approximate surface area is 80.5 Å². The van der Waals surface area contributed by atoms with E-state index < -0.39 is 23.3 Å². The van der Waals surface area contributed by atoms with Crippen LogP contribution in [0.15, 0.2) is 0 Å². The molecule has 0 saturated heterocycles. The van der Waals surface area contributed by atoms with Crippen molar-refractivity contribution < 1.29 is 13.0 Å². The topological polar surface area (TPSA) is 29.1 Å². The first-order valence-corrected chi connectivity index (χ1v) is 6.00. The van der Waals surface area contributed by atoms with Gasteiger partial charge in [-0.05, 0) is 20.3 Å². The molecule has 80 valence electrons. The summed E-state index contributed by atoms with van der Waals surface area (Å²) in [5.74, 6) is 0.560. The summed E-state index contributed by atoms with van der Waals surface area (Å²) >= 11 is 0. The van der Waals surface area contributed by atoms with Gasteiger partial charge in [0.25, 0.3) is 6.43 Å². The SMILES string of the molecule is CC(CCS(C)=O)NC(C)C(F)F. The summed E-state index contributed by atoms with van der Waals surface area (Å²) in [6, 6.07) is -0.798. The van der Waals surface area contributed by atoms with Crippen molar-refractivity contribution in [2.24, 2.45) is 0 Å². The van der Waals surface area contributed by atoms with E-state index in [9.17, 15) is 13.0 Å². The molecule has 13 heavy (non-hydrogen) atoms. The van der Waals surface area contributed by atoms with Crippen LogP contribution in [-0.4, -0.2) is 34.7 Å². The summed E-state index contributed by atoms with van der Waals surface area (Å²) in [5.41, 5.74) is 0. The summed E-state index contributed by atoms with van der Waals surface area (Å²) in [5, 5.41) is 2.75. The molecule has 0 saturated carbocycles. The van der Waals surface area contributed by atoms with Gasteiger partial charge in [-0.15, -0.1) is 0 Å². The molecule has 0 aromatic carbocycles. The summed E-state index contributed by atoms with van der Waals surface area (Å²) in [7, 11) is -0.839. The molecule has 1 N–H and O–H groups in total. The minimum Gasteiger partial charge on any atom is -0.307 e. The fourth-order valence-electron chi connectivity index (χ4n) is 0.948. The van der Waals surface area contributed by atoms with E-state index >= 15 is 0 Å². The van der Waals surface area contributed by atoms with Gasteiger partial charge in [0, 0.05) is 28.9 Å². The molecule has 0 aliphatic rings. The molecular formula is C8H17F2NOS. The number of alkyl halides is 2. The van der Waals surface area contributed by atoms with Gasteiger partial charge in [0.05, 0.1) is 6.04 Å². The second-order valence-electron chi connectivity index (χ2n) is 3.26. The van der Waals surface area contributed by atoms with Gasteiger partial charge in [0.1, 0.15) is 0 Å². The Bertz CT molecular complexity index is 166. The quantitative estimate of drug-likeness (QED) is 0.722. The zero-order valence-corrected chi connectivity index (χ0v) is 9.04. The monoisotopic (exact) mass is 213 g/mol. The highest BCUT2D eigenvalue weighted by molar-refractivity contribution is 7.84. The number of nitrogens with one attached hydrogen (secondary N) is 1. The zero-order valence-electron chi connectivity index (χ0n) is 8.22. The summed E-state index contributed by atoms with van der Waals surface area (Å²) in [6.07, 6.45) is -0.0572. The number of hydrogen-bond acceptors (Lipinski definition) is 2. The van der Waals surface area contributed by atoms with Crippen LogP contribution < -0.4 is 5.32 Å². The minimum absolute atomic E-state index is 0.00657. The van der Waals surface area contributed by atoms with E-state index in [4.69, 9.17) is 0 Å². The van der Waals surface area contributed by atoms with Crippen molar-refractivity contribution in [2.45, 2.75) is 38.8 Å². The van der Waals surface area contributed by atoms with E-state index in [0.29, 0.717) is 12.2 Å². The van der Waals surface area contributed by atoms with E-state index in [0.717, 1.165) is 0 Å². The molecule has 0 spiro atoms. The Morgan fingerprint density at radius 3 is 2.31 bits per heavy atom.